The third-order valence-electron chi connectivity index (χ3n) is 3.78. The summed E-state index contributed by atoms with van der Waals surface area (Å²) >= 11 is -9.55. The molecule has 0 aliphatic rings. The van der Waals surface area contributed by atoms with E-state index in [1.807, 2.05) is 10.6 Å². The van der Waals surface area contributed by atoms with Crippen molar-refractivity contribution in [1.82, 2.24) is 10.6 Å². The molecule has 0 unspecified atom stereocenters. The molecule has 0 spiro atoms. The number of guanidine groups is 4. The van der Waals surface area contributed by atoms with Gasteiger partial charge in [-0.2, -0.15) is 0 Å². The van der Waals surface area contributed by atoms with Gasteiger partial charge in [0, 0.05) is 0 Å². The summed E-state index contributed by atoms with van der Waals surface area (Å²) in [6.45, 7) is 0. The Kier molecular flexibility index (Phi) is 5.44. The molecule has 0 radical (unpaired) electrons. The SMILES string of the molecule is N=C(N)NC(=N)[N](c1ccccc1)[V](=[O])(=[O])(=[O])([OH])[N](C(=N)NC(=N)N)c1ccccc1. The van der Waals surface area contributed by atoms with Crippen LogP contribution in [0.1, 0.15) is 0 Å². The van der Waals surface area contributed by atoms with E-state index in [-0.39, 0.29) is 7.50 Å². The average Bonchev–Trinajstić information content (AvgIpc) is 2.60. The van der Waals surface area contributed by atoms with Crippen molar-refractivity contribution in [2.24, 2.45) is 11.5 Å². The van der Waals surface area contributed by atoms with Crippen molar-refractivity contribution < 1.29 is 27.5 Å². The number of nitrogens with one attached hydrogen (secondary N) is 6. The Morgan fingerprint density at radius 3 is 1.26 bits per heavy atom. The molecule has 164 valence electrons. The Balaban J connectivity index is 2.93. The zero-order valence-electron chi connectivity index (χ0n) is 15.9. The van der Waals surface area contributed by atoms with E-state index in [4.69, 9.17) is 33.1 Å². The zero-order valence-corrected chi connectivity index (χ0v) is 17.3. The molecule has 2 aromatic rings. The zero-order chi connectivity index (χ0) is 23.5. The molecule has 0 heterocycles. The van der Waals surface area contributed by atoms with Crippen molar-refractivity contribution in [2.45, 2.75) is 0 Å². The van der Waals surface area contributed by atoms with Crippen LogP contribution in [-0.4, -0.2) is 27.9 Å². The summed E-state index contributed by atoms with van der Waals surface area (Å²) in [7, 11) is 0. The predicted octanol–water partition coefficient (Wildman–Crippen LogP) is -0.166. The first-order valence-electron chi connectivity index (χ1n) is 8.44. The van der Waals surface area contributed by atoms with Gasteiger partial charge in [0.2, 0.25) is 0 Å². The molecular formula is C16H21N10O4V. The van der Waals surface area contributed by atoms with E-state index in [1.165, 1.54) is 36.4 Å². The quantitative estimate of drug-likeness (QED) is 0.212. The molecule has 31 heavy (non-hydrogen) atoms. The monoisotopic (exact) mass is 468 g/mol. The molecule has 2 aromatic carbocycles. The standard InChI is InChI=1S/2C8H10N5.H2O.3O.V/c2*9-7(10)13-8(11)12-6-4-2-1-3-5-6;;;;;/h2*1-5H,(H5-,9,10,11,12,13);1H2;;;;/q2*-1;;;;;+3/p-1. The van der Waals surface area contributed by atoms with E-state index in [1.54, 1.807) is 0 Å². The van der Waals surface area contributed by atoms with Crippen LogP contribution in [0.3, 0.4) is 0 Å². The molecule has 0 saturated carbocycles. The molecule has 0 fully saturated rings. The fraction of sp³-hybridized carbons (Fsp3) is 0. The third kappa shape index (κ3) is 4.72. The number of rotatable bonds is 4. The minimum atomic E-state index is -9.55. The van der Waals surface area contributed by atoms with Gasteiger partial charge in [0.1, 0.15) is 0 Å². The first-order valence-corrected chi connectivity index (χ1v) is 12.0. The average molecular weight is 468 g/mol. The van der Waals surface area contributed by atoms with Gasteiger partial charge in [-0.1, -0.05) is 0 Å². The Morgan fingerprint density at radius 2 is 1.00 bits per heavy atom. The molecule has 0 amide bonds. The van der Waals surface area contributed by atoms with E-state index in [0.29, 0.717) is 0 Å². The Bertz CT molecular complexity index is 1220. The van der Waals surface area contributed by atoms with Gasteiger partial charge >= 0.3 is 175 Å². The number of anilines is 2. The summed E-state index contributed by atoms with van der Waals surface area (Å²) in [5.74, 6) is -4.34. The van der Waals surface area contributed by atoms with Crippen molar-refractivity contribution >= 4 is 35.2 Å². The van der Waals surface area contributed by atoms with Gasteiger partial charge in [0.05, 0.1) is 0 Å². The molecule has 0 atom stereocenters. The Hall–Kier alpha value is -4.14. The van der Waals surface area contributed by atoms with Gasteiger partial charge in [0.15, 0.2) is 0 Å². The topological polar surface area (TPSA) is 249 Å². The van der Waals surface area contributed by atoms with Crippen LogP contribution in [0.25, 0.3) is 0 Å². The fourth-order valence-electron chi connectivity index (χ4n) is 2.76. The Morgan fingerprint density at radius 1 is 0.710 bits per heavy atom. The summed E-state index contributed by atoms with van der Waals surface area (Å²) in [6.07, 6.45) is 0. The second-order valence-electron chi connectivity index (χ2n) is 6.30. The van der Waals surface area contributed by atoms with Gasteiger partial charge in [-0.3, -0.25) is 0 Å². The number of hydrogen-bond donors (Lipinski definition) is 9. The maximum absolute atomic E-state index is 13.8. The van der Waals surface area contributed by atoms with Crippen molar-refractivity contribution in [2.75, 3.05) is 7.50 Å². The number of nitrogens with zero attached hydrogens (tertiary/aromatic N) is 2. The molecule has 14 nitrogen and oxygen atoms in total. The van der Waals surface area contributed by atoms with Crippen LogP contribution in [-0.2, 0) is 23.4 Å². The normalized spacial score (nSPS) is 11.9. The van der Waals surface area contributed by atoms with Crippen molar-refractivity contribution in [3.05, 3.63) is 60.7 Å². The molecule has 0 aliphatic heterocycles. The van der Waals surface area contributed by atoms with Crippen LogP contribution in [0.4, 0.5) is 11.4 Å². The first-order chi connectivity index (χ1) is 14.2. The summed E-state index contributed by atoms with van der Waals surface area (Å²) in [6, 6.07) is 12.7. The van der Waals surface area contributed by atoms with Crippen molar-refractivity contribution in [3.63, 3.8) is 0 Å². The summed E-state index contributed by atoms with van der Waals surface area (Å²) in [5.41, 5.74) is 9.38. The summed E-state index contributed by atoms with van der Waals surface area (Å²) in [4.78, 5) is 0. The van der Waals surface area contributed by atoms with E-state index in [9.17, 15) is 15.1 Å². The number of benzene rings is 2. The first kappa shape index (κ1) is 23.1. The van der Waals surface area contributed by atoms with Crippen molar-refractivity contribution in [1.29, 1.82) is 21.6 Å². The molecular weight excluding hydrogens is 447 g/mol. The number of hydrogen-bond acceptors (Lipinski definition) is 7. The van der Waals surface area contributed by atoms with Gasteiger partial charge in [-0.05, 0) is 0 Å². The van der Waals surface area contributed by atoms with E-state index < -0.39 is 47.6 Å². The van der Waals surface area contributed by atoms with Crippen LogP contribution in [0, 0.1) is 21.6 Å². The van der Waals surface area contributed by atoms with Crippen LogP contribution in [0.2, 0.25) is 0 Å². The minimum absolute atomic E-state index is 0.297. The van der Waals surface area contributed by atoms with E-state index in [2.05, 4.69) is 0 Å². The van der Waals surface area contributed by atoms with E-state index in [0.717, 1.165) is 24.3 Å². The van der Waals surface area contributed by atoms with Crippen LogP contribution in [0.15, 0.2) is 60.7 Å². The molecule has 15 heteroatoms. The van der Waals surface area contributed by atoms with Gasteiger partial charge in [-0.15, -0.1) is 0 Å². The molecule has 0 saturated heterocycles. The molecule has 0 bridgehead atoms. The summed E-state index contributed by atoms with van der Waals surface area (Å²) in [5, 5.41) is 34.4. The number of para-hydroxylation sites is 2. The molecule has 0 aromatic heterocycles. The van der Waals surface area contributed by atoms with Gasteiger partial charge < -0.3 is 0 Å². The third-order valence-corrected chi connectivity index (χ3v) is 7.77. The fourth-order valence-corrected chi connectivity index (χ4v) is 6.46. The predicted molar refractivity (Wildman–Crippen MR) is 108 cm³/mol. The molecule has 2 rings (SSSR count). The van der Waals surface area contributed by atoms with E-state index >= 15 is 0 Å². The van der Waals surface area contributed by atoms with Crippen molar-refractivity contribution in [3.8, 4) is 0 Å². The van der Waals surface area contributed by atoms with Crippen LogP contribution in [0.5, 0.6) is 0 Å². The van der Waals surface area contributed by atoms with Crippen LogP contribution < -0.4 is 29.6 Å². The maximum atomic E-state index is 13.8. The second kappa shape index (κ2) is 7.28. The second-order valence-corrected chi connectivity index (χ2v) is 11.4. The van der Waals surface area contributed by atoms with Gasteiger partial charge in [0.25, 0.3) is 0 Å². The Labute approximate surface area is 174 Å². The van der Waals surface area contributed by atoms with Crippen LogP contribution >= 0.6 is 0 Å². The van der Waals surface area contributed by atoms with Gasteiger partial charge in [-0.25, -0.2) is 0 Å². The molecule has 0 aliphatic carbocycles. The number of nitrogens with two attached hydrogens (primary N) is 2. The summed E-state index contributed by atoms with van der Waals surface area (Å²) < 4.78 is 51.8. The molecule has 11 N–H and O–H groups in total.